The molecule has 0 aliphatic carbocycles. The quantitative estimate of drug-likeness (QED) is 0.738. The number of hydrogen-bond acceptors (Lipinski definition) is 3. The lowest BCUT2D eigenvalue weighted by Gasteiger charge is -2.26. The molecule has 0 aliphatic rings. The molecule has 0 fully saturated rings. The van der Waals surface area contributed by atoms with Crippen LogP contribution in [0.1, 0.15) is 18.9 Å². The molecule has 1 atom stereocenters. The molecular formula is C14H21F2NO2. The Morgan fingerprint density at radius 2 is 1.89 bits per heavy atom. The van der Waals surface area contributed by atoms with Gasteiger partial charge in [0, 0.05) is 20.3 Å². The smallest absolute Gasteiger partial charge is 0.172 e. The summed E-state index contributed by atoms with van der Waals surface area (Å²) in [5, 5.41) is 3.25. The van der Waals surface area contributed by atoms with E-state index in [1.165, 1.54) is 26.4 Å². The molecule has 0 heterocycles. The molecule has 0 aliphatic heterocycles. The summed E-state index contributed by atoms with van der Waals surface area (Å²) < 4.78 is 37.0. The average Bonchev–Trinajstić information content (AvgIpc) is 2.39. The van der Waals surface area contributed by atoms with Crippen molar-refractivity contribution in [2.75, 3.05) is 20.8 Å². The Morgan fingerprint density at radius 3 is 2.42 bits per heavy atom. The van der Waals surface area contributed by atoms with Crippen LogP contribution >= 0.6 is 0 Å². The monoisotopic (exact) mass is 273 g/mol. The second kappa shape index (κ2) is 8.19. The summed E-state index contributed by atoms with van der Waals surface area (Å²) in [5.74, 6) is -1.12. The van der Waals surface area contributed by atoms with E-state index >= 15 is 0 Å². The molecular weight excluding hydrogens is 252 g/mol. The van der Waals surface area contributed by atoms with Gasteiger partial charge in [0.1, 0.15) is 11.6 Å². The lowest BCUT2D eigenvalue weighted by molar-refractivity contribution is -0.122. The largest absolute Gasteiger partial charge is 0.354 e. The maximum Gasteiger partial charge on any atom is 0.172 e. The van der Waals surface area contributed by atoms with Gasteiger partial charge in [0.05, 0.1) is 6.04 Å². The summed E-state index contributed by atoms with van der Waals surface area (Å²) in [6, 6.07) is 3.41. The lowest BCUT2D eigenvalue weighted by Crippen LogP contribution is -2.44. The predicted molar refractivity (Wildman–Crippen MR) is 69.9 cm³/mol. The summed E-state index contributed by atoms with van der Waals surface area (Å²) in [7, 11) is 3.08. The Labute approximate surface area is 112 Å². The van der Waals surface area contributed by atoms with Crippen LogP contribution in [0.3, 0.4) is 0 Å². The van der Waals surface area contributed by atoms with Gasteiger partial charge in [-0.3, -0.25) is 0 Å². The first-order valence-corrected chi connectivity index (χ1v) is 6.35. The maximum atomic E-state index is 13.7. The second-order valence-corrected chi connectivity index (χ2v) is 4.34. The van der Waals surface area contributed by atoms with Gasteiger partial charge in [0.2, 0.25) is 0 Å². The molecule has 0 spiro atoms. The van der Waals surface area contributed by atoms with Gasteiger partial charge in [-0.25, -0.2) is 8.78 Å². The Morgan fingerprint density at radius 1 is 1.21 bits per heavy atom. The van der Waals surface area contributed by atoms with Crippen molar-refractivity contribution in [3.63, 3.8) is 0 Å². The number of benzene rings is 1. The number of ether oxygens (including phenoxy) is 2. The molecule has 0 aromatic heterocycles. The first kappa shape index (κ1) is 16.0. The highest BCUT2D eigenvalue weighted by molar-refractivity contribution is 5.19. The second-order valence-electron chi connectivity index (χ2n) is 4.34. The molecule has 1 aromatic rings. The number of halogens is 2. The third-order valence-electron chi connectivity index (χ3n) is 2.90. The fourth-order valence-corrected chi connectivity index (χ4v) is 1.94. The van der Waals surface area contributed by atoms with Crippen LogP contribution in [0.2, 0.25) is 0 Å². The van der Waals surface area contributed by atoms with Crippen molar-refractivity contribution in [1.82, 2.24) is 5.32 Å². The van der Waals surface area contributed by atoms with Crippen LogP contribution < -0.4 is 5.32 Å². The third-order valence-corrected chi connectivity index (χ3v) is 2.90. The summed E-state index contributed by atoms with van der Waals surface area (Å²) in [4.78, 5) is 0. The van der Waals surface area contributed by atoms with Crippen molar-refractivity contribution in [3.05, 3.63) is 35.4 Å². The van der Waals surface area contributed by atoms with Crippen LogP contribution in [0.5, 0.6) is 0 Å². The minimum absolute atomic E-state index is 0.185. The number of hydrogen-bond donors (Lipinski definition) is 1. The molecule has 0 saturated heterocycles. The van der Waals surface area contributed by atoms with Crippen molar-refractivity contribution in [3.8, 4) is 0 Å². The van der Waals surface area contributed by atoms with Crippen LogP contribution in [0.15, 0.2) is 18.2 Å². The van der Waals surface area contributed by atoms with E-state index in [9.17, 15) is 8.78 Å². The molecule has 3 nitrogen and oxygen atoms in total. The zero-order chi connectivity index (χ0) is 14.3. The van der Waals surface area contributed by atoms with E-state index in [0.717, 1.165) is 19.0 Å². The Balaban J connectivity index is 2.80. The van der Waals surface area contributed by atoms with Gasteiger partial charge in [-0.15, -0.1) is 0 Å². The third kappa shape index (κ3) is 4.86. The number of methoxy groups -OCH3 is 2. The number of nitrogens with one attached hydrogen (secondary N) is 1. The Hall–Kier alpha value is -1.04. The number of rotatable bonds is 8. The van der Waals surface area contributed by atoms with E-state index in [0.29, 0.717) is 12.0 Å². The van der Waals surface area contributed by atoms with Gasteiger partial charge in [0.25, 0.3) is 0 Å². The minimum atomic E-state index is -0.575. The van der Waals surface area contributed by atoms with E-state index in [4.69, 9.17) is 9.47 Å². The minimum Gasteiger partial charge on any atom is -0.354 e. The van der Waals surface area contributed by atoms with E-state index in [-0.39, 0.29) is 6.04 Å². The van der Waals surface area contributed by atoms with Crippen molar-refractivity contribution in [2.24, 2.45) is 0 Å². The Kier molecular flexibility index (Phi) is 6.91. The first-order chi connectivity index (χ1) is 9.12. The standard InChI is InChI=1S/C14H21F2NO2/c1-4-7-17-13(14(18-2)19-3)8-10-5-6-11(15)9-12(10)16/h5-6,9,13-14,17H,4,7-8H2,1-3H3. The highest BCUT2D eigenvalue weighted by Crippen LogP contribution is 2.14. The van der Waals surface area contributed by atoms with Gasteiger partial charge in [0.15, 0.2) is 6.29 Å². The van der Waals surface area contributed by atoms with Gasteiger partial charge in [-0.05, 0) is 31.0 Å². The summed E-state index contributed by atoms with van der Waals surface area (Å²) >= 11 is 0. The average molecular weight is 273 g/mol. The van der Waals surface area contributed by atoms with Crippen LogP contribution in [0.4, 0.5) is 8.78 Å². The molecule has 0 amide bonds. The molecule has 5 heteroatoms. The van der Waals surface area contributed by atoms with Crippen LogP contribution in [-0.2, 0) is 15.9 Å². The van der Waals surface area contributed by atoms with Gasteiger partial charge in [-0.1, -0.05) is 13.0 Å². The molecule has 0 saturated carbocycles. The van der Waals surface area contributed by atoms with E-state index < -0.39 is 17.9 Å². The summed E-state index contributed by atoms with van der Waals surface area (Å²) in [5.41, 5.74) is 0.439. The van der Waals surface area contributed by atoms with E-state index in [2.05, 4.69) is 5.32 Å². The van der Waals surface area contributed by atoms with Crippen molar-refractivity contribution in [2.45, 2.75) is 32.1 Å². The first-order valence-electron chi connectivity index (χ1n) is 6.35. The molecule has 1 rings (SSSR count). The lowest BCUT2D eigenvalue weighted by atomic mass is 10.0. The van der Waals surface area contributed by atoms with Crippen LogP contribution in [0, 0.1) is 11.6 Å². The zero-order valence-corrected chi connectivity index (χ0v) is 11.6. The van der Waals surface area contributed by atoms with Gasteiger partial charge in [-0.2, -0.15) is 0 Å². The molecule has 0 radical (unpaired) electrons. The zero-order valence-electron chi connectivity index (χ0n) is 11.6. The summed E-state index contributed by atoms with van der Waals surface area (Å²) in [6.07, 6.45) is 0.845. The fraction of sp³-hybridized carbons (Fsp3) is 0.571. The van der Waals surface area contributed by atoms with E-state index in [1.54, 1.807) is 0 Å². The molecule has 108 valence electrons. The fourth-order valence-electron chi connectivity index (χ4n) is 1.94. The SMILES string of the molecule is CCCNC(Cc1ccc(F)cc1F)C(OC)OC. The van der Waals surface area contributed by atoms with Crippen molar-refractivity contribution < 1.29 is 18.3 Å². The van der Waals surface area contributed by atoms with Gasteiger partial charge < -0.3 is 14.8 Å². The topological polar surface area (TPSA) is 30.5 Å². The summed E-state index contributed by atoms with van der Waals surface area (Å²) in [6.45, 7) is 2.81. The molecule has 19 heavy (non-hydrogen) atoms. The molecule has 1 N–H and O–H groups in total. The van der Waals surface area contributed by atoms with E-state index in [1.807, 2.05) is 6.92 Å². The van der Waals surface area contributed by atoms with Crippen molar-refractivity contribution in [1.29, 1.82) is 0 Å². The highest BCUT2D eigenvalue weighted by atomic mass is 19.1. The normalized spacial score (nSPS) is 12.9. The Bertz CT molecular complexity index is 384. The van der Waals surface area contributed by atoms with Gasteiger partial charge >= 0.3 is 0 Å². The van der Waals surface area contributed by atoms with Crippen LogP contribution in [-0.4, -0.2) is 33.1 Å². The highest BCUT2D eigenvalue weighted by Gasteiger charge is 2.22. The predicted octanol–water partition coefficient (Wildman–Crippen LogP) is 2.49. The molecule has 0 bridgehead atoms. The van der Waals surface area contributed by atoms with Crippen molar-refractivity contribution >= 4 is 0 Å². The maximum absolute atomic E-state index is 13.7. The molecule has 1 aromatic carbocycles. The van der Waals surface area contributed by atoms with Crippen LogP contribution in [0.25, 0.3) is 0 Å². The molecule has 1 unspecified atom stereocenters.